The van der Waals surface area contributed by atoms with Crippen molar-refractivity contribution in [1.29, 1.82) is 0 Å². The van der Waals surface area contributed by atoms with E-state index in [-0.39, 0.29) is 0 Å². The fourth-order valence-corrected chi connectivity index (χ4v) is 3.66. The van der Waals surface area contributed by atoms with Gasteiger partial charge in [-0.3, -0.25) is 0 Å². The zero-order valence-electron chi connectivity index (χ0n) is 12.8. The van der Waals surface area contributed by atoms with Crippen molar-refractivity contribution in [3.63, 3.8) is 0 Å². The van der Waals surface area contributed by atoms with E-state index in [0.29, 0.717) is 0 Å². The zero-order chi connectivity index (χ0) is 15.2. The van der Waals surface area contributed by atoms with Gasteiger partial charge in [0.15, 0.2) is 0 Å². The van der Waals surface area contributed by atoms with Crippen LogP contribution in [0.1, 0.15) is 16.7 Å². The second-order valence-corrected chi connectivity index (χ2v) is 6.24. The summed E-state index contributed by atoms with van der Waals surface area (Å²) in [5, 5.41) is 5.22. The van der Waals surface area contributed by atoms with E-state index in [9.17, 15) is 0 Å². The Morgan fingerprint density at radius 2 is 1.26 bits per heavy atom. The highest BCUT2D eigenvalue weighted by molar-refractivity contribution is 6.00. The van der Waals surface area contributed by atoms with Gasteiger partial charge < -0.3 is 0 Å². The lowest BCUT2D eigenvalue weighted by atomic mass is 9.95. The minimum Gasteiger partial charge on any atom is -0.0716 e. The lowest BCUT2D eigenvalue weighted by Gasteiger charge is -2.09. The second kappa shape index (κ2) is 4.82. The molecule has 0 bridgehead atoms. The molecular weight excluding hydrogens is 276 g/mol. The molecule has 0 heterocycles. The Bertz CT molecular complexity index is 1080. The first-order chi connectivity index (χ1) is 11.4. The molecule has 0 aromatic heterocycles. The SMILES string of the molecule is C1=C(c2ccc3cc4ccccc4cc3c2)c2ccccc2C1. The summed E-state index contributed by atoms with van der Waals surface area (Å²) >= 11 is 0. The van der Waals surface area contributed by atoms with Crippen LogP contribution in [0.15, 0.2) is 84.9 Å². The Hall–Kier alpha value is -2.86. The van der Waals surface area contributed by atoms with Gasteiger partial charge in [-0.25, -0.2) is 0 Å². The molecule has 0 fully saturated rings. The van der Waals surface area contributed by atoms with Crippen LogP contribution in [0.25, 0.3) is 27.1 Å². The van der Waals surface area contributed by atoms with Gasteiger partial charge in [-0.1, -0.05) is 66.7 Å². The molecule has 4 aromatic carbocycles. The van der Waals surface area contributed by atoms with E-state index in [4.69, 9.17) is 0 Å². The van der Waals surface area contributed by atoms with E-state index in [2.05, 4.69) is 84.9 Å². The van der Waals surface area contributed by atoms with Crippen molar-refractivity contribution >= 4 is 27.1 Å². The van der Waals surface area contributed by atoms with Crippen LogP contribution >= 0.6 is 0 Å². The van der Waals surface area contributed by atoms with Crippen LogP contribution in [0.5, 0.6) is 0 Å². The second-order valence-electron chi connectivity index (χ2n) is 6.24. The summed E-state index contributed by atoms with van der Waals surface area (Å²) in [4.78, 5) is 0. The Balaban J connectivity index is 1.70. The number of fused-ring (bicyclic) bond motifs is 3. The predicted octanol–water partition coefficient (Wildman–Crippen LogP) is 5.98. The summed E-state index contributed by atoms with van der Waals surface area (Å²) in [5.41, 5.74) is 5.50. The third-order valence-corrected chi connectivity index (χ3v) is 4.85. The Labute approximate surface area is 135 Å². The van der Waals surface area contributed by atoms with Gasteiger partial charge in [0.2, 0.25) is 0 Å². The van der Waals surface area contributed by atoms with Gasteiger partial charge in [-0.15, -0.1) is 0 Å². The quantitative estimate of drug-likeness (QED) is 0.378. The van der Waals surface area contributed by atoms with E-state index in [0.717, 1.165) is 6.42 Å². The van der Waals surface area contributed by atoms with Gasteiger partial charge in [0, 0.05) is 0 Å². The van der Waals surface area contributed by atoms with Crippen LogP contribution in [0, 0.1) is 0 Å². The summed E-state index contributed by atoms with van der Waals surface area (Å²) in [6.07, 6.45) is 3.40. The Morgan fingerprint density at radius 1 is 0.565 bits per heavy atom. The van der Waals surface area contributed by atoms with E-state index in [1.54, 1.807) is 0 Å². The summed E-state index contributed by atoms with van der Waals surface area (Å²) < 4.78 is 0. The van der Waals surface area contributed by atoms with E-state index in [1.807, 2.05) is 0 Å². The lowest BCUT2D eigenvalue weighted by Crippen LogP contribution is -1.87. The number of allylic oxidation sites excluding steroid dienone is 1. The Morgan fingerprint density at radius 3 is 2.13 bits per heavy atom. The van der Waals surface area contributed by atoms with Crippen LogP contribution in [0.4, 0.5) is 0 Å². The molecule has 0 aliphatic heterocycles. The first-order valence-corrected chi connectivity index (χ1v) is 8.10. The van der Waals surface area contributed by atoms with Crippen molar-refractivity contribution in [2.45, 2.75) is 6.42 Å². The highest BCUT2D eigenvalue weighted by Gasteiger charge is 2.15. The van der Waals surface area contributed by atoms with Gasteiger partial charge >= 0.3 is 0 Å². The van der Waals surface area contributed by atoms with Gasteiger partial charge in [-0.05, 0) is 68.4 Å². The average molecular weight is 292 g/mol. The number of benzene rings is 4. The van der Waals surface area contributed by atoms with Crippen LogP contribution in [-0.2, 0) is 6.42 Å². The molecule has 0 saturated carbocycles. The first kappa shape index (κ1) is 12.7. The highest BCUT2D eigenvalue weighted by atomic mass is 14.2. The monoisotopic (exact) mass is 292 g/mol. The first-order valence-electron chi connectivity index (χ1n) is 8.10. The molecule has 0 heteroatoms. The predicted molar refractivity (Wildman–Crippen MR) is 98.7 cm³/mol. The fraction of sp³-hybridized carbons (Fsp3) is 0.0435. The molecule has 0 radical (unpaired) electrons. The maximum atomic E-state index is 2.35. The maximum Gasteiger partial charge on any atom is -0.00819 e. The third-order valence-electron chi connectivity index (χ3n) is 4.85. The summed E-state index contributed by atoms with van der Waals surface area (Å²) in [5.74, 6) is 0. The third kappa shape index (κ3) is 1.99. The maximum absolute atomic E-state index is 2.35. The van der Waals surface area contributed by atoms with Crippen LogP contribution in [0.2, 0.25) is 0 Å². The van der Waals surface area contributed by atoms with Crippen molar-refractivity contribution in [2.75, 3.05) is 0 Å². The standard InChI is InChI=1S/C23H16/c1-2-7-18-14-21-15-20(10-9-19(21)13-17(18)6-1)23-12-11-16-5-3-4-8-22(16)23/h1-10,12-15H,11H2. The fourth-order valence-electron chi connectivity index (χ4n) is 3.66. The molecule has 0 N–H and O–H groups in total. The highest BCUT2D eigenvalue weighted by Crippen LogP contribution is 2.34. The number of rotatable bonds is 1. The van der Waals surface area contributed by atoms with Crippen molar-refractivity contribution in [3.8, 4) is 0 Å². The minimum atomic E-state index is 1.04. The van der Waals surface area contributed by atoms with Crippen molar-refractivity contribution in [1.82, 2.24) is 0 Å². The van der Waals surface area contributed by atoms with Gasteiger partial charge in [-0.2, -0.15) is 0 Å². The minimum absolute atomic E-state index is 1.04. The van der Waals surface area contributed by atoms with E-state index < -0.39 is 0 Å². The molecule has 108 valence electrons. The van der Waals surface area contributed by atoms with Crippen LogP contribution in [-0.4, -0.2) is 0 Å². The normalized spacial score (nSPS) is 13.3. The summed E-state index contributed by atoms with van der Waals surface area (Å²) in [6, 6.07) is 28.7. The molecule has 0 nitrogen and oxygen atoms in total. The smallest absolute Gasteiger partial charge is 0.00819 e. The number of hydrogen-bond donors (Lipinski definition) is 0. The van der Waals surface area contributed by atoms with Crippen LogP contribution < -0.4 is 0 Å². The lowest BCUT2D eigenvalue weighted by molar-refractivity contribution is 1.31. The van der Waals surface area contributed by atoms with E-state index >= 15 is 0 Å². The molecule has 1 aliphatic carbocycles. The average Bonchev–Trinajstić information content (AvgIpc) is 3.03. The largest absolute Gasteiger partial charge is 0.0716 e. The number of hydrogen-bond acceptors (Lipinski definition) is 0. The molecule has 0 unspecified atom stereocenters. The molecule has 4 aromatic rings. The molecule has 23 heavy (non-hydrogen) atoms. The molecular formula is C23H16. The topological polar surface area (TPSA) is 0 Å². The van der Waals surface area contributed by atoms with Gasteiger partial charge in [0.05, 0.1) is 0 Å². The van der Waals surface area contributed by atoms with Crippen LogP contribution in [0.3, 0.4) is 0 Å². The molecule has 0 atom stereocenters. The molecule has 0 amide bonds. The Kier molecular flexibility index (Phi) is 2.65. The molecule has 0 spiro atoms. The summed E-state index contributed by atoms with van der Waals surface area (Å²) in [6.45, 7) is 0. The van der Waals surface area contributed by atoms with Crippen molar-refractivity contribution in [3.05, 3.63) is 102 Å². The zero-order valence-corrected chi connectivity index (χ0v) is 12.8. The van der Waals surface area contributed by atoms with Gasteiger partial charge in [0.1, 0.15) is 0 Å². The van der Waals surface area contributed by atoms with E-state index in [1.165, 1.54) is 43.8 Å². The molecule has 1 aliphatic rings. The van der Waals surface area contributed by atoms with Crippen molar-refractivity contribution in [2.24, 2.45) is 0 Å². The summed E-state index contributed by atoms with van der Waals surface area (Å²) in [7, 11) is 0. The molecule has 0 saturated heterocycles. The van der Waals surface area contributed by atoms with Crippen molar-refractivity contribution < 1.29 is 0 Å². The van der Waals surface area contributed by atoms with Gasteiger partial charge in [0.25, 0.3) is 0 Å². The molecule has 5 rings (SSSR count).